The van der Waals surface area contributed by atoms with Gasteiger partial charge in [0.2, 0.25) is 5.91 Å². The molecule has 1 aromatic rings. The molecule has 0 fully saturated rings. The Bertz CT molecular complexity index is 415. The minimum Gasteiger partial charge on any atom is -0.486 e. The zero-order chi connectivity index (χ0) is 11.5. The predicted octanol–water partition coefficient (Wildman–Crippen LogP) is 2.11. The second-order valence-corrected chi connectivity index (χ2v) is 3.72. The van der Waals surface area contributed by atoms with E-state index in [2.05, 4.69) is 5.32 Å². The molecule has 0 atom stereocenters. The van der Waals surface area contributed by atoms with Crippen molar-refractivity contribution >= 4 is 11.6 Å². The molecular formula is C12H15NO3. The van der Waals surface area contributed by atoms with Gasteiger partial charge in [-0.2, -0.15) is 0 Å². The van der Waals surface area contributed by atoms with Crippen LogP contribution >= 0.6 is 0 Å². The van der Waals surface area contributed by atoms with Crippen LogP contribution in [0.15, 0.2) is 12.1 Å². The molecular weight excluding hydrogens is 206 g/mol. The van der Waals surface area contributed by atoms with Gasteiger partial charge in [0.1, 0.15) is 13.2 Å². The number of amides is 1. The number of benzene rings is 1. The van der Waals surface area contributed by atoms with Crippen molar-refractivity contribution in [3.63, 3.8) is 0 Å². The third-order valence-electron chi connectivity index (χ3n) is 2.43. The monoisotopic (exact) mass is 221 g/mol. The standard InChI is InChI=1S/C12H15NO3/c1-3-11(14)13-9-6-8(2)12-10(7-9)15-4-5-16-12/h6-7H,3-5H2,1-2H3,(H,13,14). The van der Waals surface area contributed by atoms with Crippen molar-refractivity contribution in [3.05, 3.63) is 17.7 Å². The number of fused-ring (bicyclic) bond motifs is 1. The van der Waals surface area contributed by atoms with Gasteiger partial charge in [-0.3, -0.25) is 4.79 Å². The van der Waals surface area contributed by atoms with Gasteiger partial charge in [-0.05, 0) is 18.6 Å². The third kappa shape index (κ3) is 2.10. The molecule has 0 saturated carbocycles. The van der Waals surface area contributed by atoms with Crippen LogP contribution in [0.1, 0.15) is 18.9 Å². The molecule has 4 nitrogen and oxygen atoms in total. The van der Waals surface area contributed by atoms with Crippen molar-refractivity contribution in [3.8, 4) is 11.5 Å². The molecule has 0 spiro atoms. The lowest BCUT2D eigenvalue weighted by Gasteiger charge is -2.21. The van der Waals surface area contributed by atoms with Crippen LogP contribution in [0.25, 0.3) is 0 Å². The van der Waals surface area contributed by atoms with Gasteiger partial charge in [0.05, 0.1) is 0 Å². The number of hydrogen-bond acceptors (Lipinski definition) is 3. The average molecular weight is 221 g/mol. The quantitative estimate of drug-likeness (QED) is 0.832. The first-order chi connectivity index (χ1) is 7.70. The van der Waals surface area contributed by atoms with Crippen LogP contribution in [0, 0.1) is 6.92 Å². The van der Waals surface area contributed by atoms with Crippen molar-refractivity contribution in [1.82, 2.24) is 0 Å². The Hall–Kier alpha value is -1.71. The van der Waals surface area contributed by atoms with Gasteiger partial charge in [0, 0.05) is 18.2 Å². The average Bonchev–Trinajstić information content (AvgIpc) is 2.29. The van der Waals surface area contributed by atoms with Crippen molar-refractivity contribution < 1.29 is 14.3 Å². The highest BCUT2D eigenvalue weighted by Crippen LogP contribution is 2.36. The lowest BCUT2D eigenvalue weighted by Crippen LogP contribution is -2.17. The maximum Gasteiger partial charge on any atom is 0.224 e. The van der Waals surface area contributed by atoms with Crippen LogP contribution < -0.4 is 14.8 Å². The summed E-state index contributed by atoms with van der Waals surface area (Å²) in [6.07, 6.45) is 0.466. The van der Waals surface area contributed by atoms with Crippen LogP contribution in [0.4, 0.5) is 5.69 Å². The predicted molar refractivity (Wildman–Crippen MR) is 61.1 cm³/mol. The Morgan fingerprint density at radius 3 is 2.88 bits per heavy atom. The summed E-state index contributed by atoms with van der Waals surface area (Å²) in [6.45, 7) is 4.89. The van der Waals surface area contributed by atoms with Crippen LogP contribution in [0.5, 0.6) is 11.5 Å². The molecule has 1 amide bonds. The topological polar surface area (TPSA) is 47.6 Å². The summed E-state index contributed by atoms with van der Waals surface area (Å²) in [4.78, 5) is 11.3. The molecule has 1 aliphatic heterocycles. The number of rotatable bonds is 2. The molecule has 0 bridgehead atoms. The van der Waals surface area contributed by atoms with Gasteiger partial charge in [0.25, 0.3) is 0 Å². The Kier molecular flexibility index (Phi) is 2.99. The molecule has 0 aromatic heterocycles. The Labute approximate surface area is 94.6 Å². The molecule has 0 radical (unpaired) electrons. The van der Waals surface area contributed by atoms with Crippen LogP contribution in [-0.2, 0) is 4.79 Å². The molecule has 1 aromatic carbocycles. The largest absolute Gasteiger partial charge is 0.486 e. The smallest absolute Gasteiger partial charge is 0.224 e. The fraction of sp³-hybridized carbons (Fsp3) is 0.417. The van der Waals surface area contributed by atoms with E-state index in [-0.39, 0.29) is 5.91 Å². The minimum atomic E-state index is -0.00363. The Morgan fingerprint density at radius 1 is 1.38 bits per heavy atom. The van der Waals surface area contributed by atoms with E-state index < -0.39 is 0 Å². The summed E-state index contributed by atoms with van der Waals surface area (Å²) in [5.74, 6) is 1.48. The summed E-state index contributed by atoms with van der Waals surface area (Å²) in [6, 6.07) is 3.69. The van der Waals surface area contributed by atoms with Crippen molar-refractivity contribution in [2.75, 3.05) is 18.5 Å². The normalized spacial score (nSPS) is 13.4. The number of ether oxygens (including phenoxy) is 2. The summed E-state index contributed by atoms with van der Waals surface area (Å²) < 4.78 is 11.0. The zero-order valence-corrected chi connectivity index (χ0v) is 9.50. The van der Waals surface area contributed by atoms with E-state index in [0.717, 1.165) is 17.0 Å². The second kappa shape index (κ2) is 4.43. The molecule has 86 valence electrons. The number of anilines is 1. The van der Waals surface area contributed by atoms with E-state index in [0.29, 0.717) is 25.4 Å². The maximum absolute atomic E-state index is 11.3. The number of nitrogens with one attached hydrogen (secondary N) is 1. The molecule has 0 saturated heterocycles. The molecule has 16 heavy (non-hydrogen) atoms. The first-order valence-corrected chi connectivity index (χ1v) is 5.41. The molecule has 0 aliphatic carbocycles. The lowest BCUT2D eigenvalue weighted by atomic mass is 10.1. The number of carbonyl (C=O) groups is 1. The van der Waals surface area contributed by atoms with E-state index in [9.17, 15) is 4.79 Å². The summed E-state index contributed by atoms with van der Waals surface area (Å²) in [5.41, 5.74) is 1.73. The van der Waals surface area contributed by atoms with Gasteiger partial charge in [-0.1, -0.05) is 6.92 Å². The van der Waals surface area contributed by atoms with Crippen molar-refractivity contribution in [2.45, 2.75) is 20.3 Å². The summed E-state index contributed by atoms with van der Waals surface area (Å²) in [7, 11) is 0. The van der Waals surface area contributed by atoms with E-state index in [4.69, 9.17) is 9.47 Å². The fourth-order valence-electron chi connectivity index (χ4n) is 1.65. The van der Waals surface area contributed by atoms with Gasteiger partial charge in [-0.25, -0.2) is 0 Å². The fourth-order valence-corrected chi connectivity index (χ4v) is 1.65. The molecule has 1 heterocycles. The van der Waals surface area contributed by atoms with Crippen LogP contribution in [-0.4, -0.2) is 19.1 Å². The number of aryl methyl sites for hydroxylation is 1. The second-order valence-electron chi connectivity index (χ2n) is 3.72. The number of hydrogen-bond donors (Lipinski definition) is 1. The molecule has 4 heteroatoms. The molecule has 1 aliphatic rings. The van der Waals surface area contributed by atoms with E-state index in [1.54, 1.807) is 6.07 Å². The van der Waals surface area contributed by atoms with E-state index in [1.807, 2.05) is 19.9 Å². The Morgan fingerprint density at radius 2 is 2.12 bits per heavy atom. The first-order valence-electron chi connectivity index (χ1n) is 5.41. The minimum absolute atomic E-state index is 0.00363. The van der Waals surface area contributed by atoms with Crippen LogP contribution in [0.3, 0.4) is 0 Å². The first kappa shape index (κ1) is 10.8. The molecule has 2 rings (SSSR count). The zero-order valence-electron chi connectivity index (χ0n) is 9.50. The van der Waals surface area contributed by atoms with Crippen molar-refractivity contribution in [1.29, 1.82) is 0 Å². The van der Waals surface area contributed by atoms with Gasteiger partial charge in [0.15, 0.2) is 11.5 Å². The summed E-state index contributed by atoms with van der Waals surface area (Å²) >= 11 is 0. The van der Waals surface area contributed by atoms with E-state index in [1.165, 1.54) is 0 Å². The molecule has 0 unspecified atom stereocenters. The maximum atomic E-state index is 11.3. The van der Waals surface area contributed by atoms with Crippen molar-refractivity contribution in [2.24, 2.45) is 0 Å². The van der Waals surface area contributed by atoms with Gasteiger partial charge >= 0.3 is 0 Å². The summed E-state index contributed by atoms with van der Waals surface area (Å²) in [5, 5.41) is 2.81. The highest BCUT2D eigenvalue weighted by molar-refractivity contribution is 5.91. The Balaban J connectivity index is 2.28. The highest BCUT2D eigenvalue weighted by atomic mass is 16.6. The molecule has 1 N–H and O–H groups in total. The van der Waals surface area contributed by atoms with Gasteiger partial charge in [-0.15, -0.1) is 0 Å². The van der Waals surface area contributed by atoms with E-state index >= 15 is 0 Å². The third-order valence-corrected chi connectivity index (χ3v) is 2.43. The number of carbonyl (C=O) groups excluding carboxylic acids is 1. The SMILES string of the molecule is CCC(=O)Nc1cc(C)c2c(c1)OCCO2. The lowest BCUT2D eigenvalue weighted by molar-refractivity contribution is -0.115. The van der Waals surface area contributed by atoms with Crippen LogP contribution in [0.2, 0.25) is 0 Å². The highest BCUT2D eigenvalue weighted by Gasteiger charge is 2.15. The van der Waals surface area contributed by atoms with Gasteiger partial charge < -0.3 is 14.8 Å².